The maximum absolute atomic E-state index is 6.00. The van der Waals surface area contributed by atoms with Crippen molar-refractivity contribution in [2.45, 2.75) is 25.1 Å². The Labute approximate surface area is 122 Å². The molecule has 0 unspecified atom stereocenters. The highest BCUT2D eigenvalue weighted by atomic mass is 32.2. The minimum absolute atomic E-state index is 0.292. The summed E-state index contributed by atoms with van der Waals surface area (Å²) in [5, 5.41) is 5.01. The fourth-order valence-corrected chi connectivity index (χ4v) is 3.79. The van der Waals surface area contributed by atoms with Crippen molar-refractivity contribution >= 4 is 28.6 Å². The van der Waals surface area contributed by atoms with E-state index in [1.165, 1.54) is 0 Å². The molecule has 1 aliphatic heterocycles. The maximum Gasteiger partial charge on any atom is 0.163 e. The first-order valence-electron chi connectivity index (χ1n) is 6.75. The molecule has 20 heavy (non-hydrogen) atoms. The fourth-order valence-electron chi connectivity index (χ4n) is 2.61. The topological polar surface area (TPSA) is 72.9 Å². The van der Waals surface area contributed by atoms with Crippen molar-refractivity contribution in [1.29, 1.82) is 0 Å². The molecule has 0 bridgehead atoms. The zero-order chi connectivity index (χ0) is 14.3. The Morgan fingerprint density at radius 1 is 1.40 bits per heavy atom. The van der Waals surface area contributed by atoms with Crippen LogP contribution in [0.3, 0.4) is 0 Å². The summed E-state index contributed by atoms with van der Waals surface area (Å²) in [5.41, 5.74) is 6.81. The Morgan fingerprint density at radius 3 is 2.95 bits per heavy atom. The standard InChI is InChI=1S/C13H20N6S/c1-13(2)8-19(4-5-20-13)7-10-16-11(14)9-6-15-18(3)12(9)17-10/h6H,4-5,7-8H2,1-3H3,(H2,14,16,17). The highest BCUT2D eigenvalue weighted by Gasteiger charge is 2.27. The van der Waals surface area contributed by atoms with Crippen LogP contribution in [0.15, 0.2) is 6.20 Å². The van der Waals surface area contributed by atoms with E-state index in [0.717, 1.165) is 42.2 Å². The lowest BCUT2D eigenvalue weighted by Crippen LogP contribution is -2.42. The van der Waals surface area contributed by atoms with Crippen LogP contribution in [0, 0.1) is 0 Å². The summed E-state index contributed by atoms with van der Waals surface area (Å²) in [7, 11) is 1.87. The zero-order valence-corrected chi connectivity index (χ0v) is 12.9. The second kappa shape index (κ2) is 4.89. The number of nitrogens with two attached hydrogens (primary N) is 1. The number of aromatic nitrogens is 4. The summed E-state index contributed by atoms with van der Waals surface area (Å²) in [5.74, 6) is 2.45. The third-order valence-corrected chi connectivity index (χ3v) is 4.83. The van der Waals surface area contributed by atoms with Crippen molar-refractivity contribution in [3.63, 3.8) is 0 Å². The molecule has 6 nitrogen and oxygen atoms in total. The number of nitrogen functional groups attached to an aromatic ring is 1. The zero-order valence-electron chi connectivity index (χ0n) is 12.1. The van der Waals surface area contributed by atoms with E-state index in [-0.39, 0.29) is 0 Å². The van der Waals surface area contributed by atoms with Crippen LogP contribution in [-0.2, 0) is 13.6 Å². The molecule has 108 valence electrons. The van der Waals surface area contributed by atoms with Gasteiger partial charge in [0.25, 0.3) is 0 Å². The first kappa shape index (κ1) is 13.6. The molecule has 2 aromatic rings. The monoisotopic (exact) mass is 292 g/mol. The van der Waals surface area contributed by atoms with Crippen LogP contribution in [0.25, 0.3) is 11.0 Å². The van der Waals surface area contributed by atoms with Crippen LogP contribution in [-0.4, -0.2) is 48.2 Å². The molecule has 0 saturated carbocycles. The van der Waals surface area contributed by atoms with E-state index in [4.69, 9.17) is 5.73 Å². The highest BCUT2D eigenvalue weighted by Crippen LogP contribution is 2.30. The first-order chi connectivity index (χ1) is 9.44. The average Bonchev–Trinajstić information content (AvgIpc) is 2.70. The molecule has 7 heteroatoms. The van der Waals surface area contributed by atoms with Crippen molar-refractivity contribution in [3.8, 4) is 0 Å². The van der Waals surface area contributed by atoms with Gasteiger partial charge in [0.2, 0.25) is 0 Å². The molecule has 0 radical (unpaired) electrons. The molecule has 0 atom stereocenters. The van der Waals surface area contributed by atoms with Gasteiger partial charge in [0.05, 0.1) is 18.1 Å². The summed E-state index contributed by atoms with van der Waals surface area (Å²) in [6.07, 6.45) is 1.72. The van der Waals surface area contributed by atoms with Gasteiger partial charge in [0.15, 0.2) is 5.65 Å². The van der Waals surface area contributed by atoms with Crippen molar-refractivity contribution in [2.75, 3.05) is 24.6 Å². The van der Waals surface area contributed by atoms with Crippen LogP contribution in [0.4, 0.5) is 5.82 Å². The molecule has 0 amide bonds. The molecule has 2 aromatic heterocycles. The van der Waals surface area contributed by atoms with Crippen LogP contribution in [0.5, 0.6) is 0 Å². The van der Waals surface area contributed by atoms with Gasteiger partial charge in [-0.25, -0.2) is 9.97 Å². The Hall–Kier alpha value is -1.34. The molecule has 3 rings (SSSR count). The molecule has 1 fully saturated rings. The smallest absolute Gasteiger partial charge is 0.163 e. The van der Waals surface area contributed by atoms with Gasteiger partial charge in [0, 0.05) is 30.6 Å². The molecule has 0 aromatic carbocycles. The number of hydrogen-bond donors (Lipinski definition) is 1. The van der Waals surface area contributed by atoms with Gasteiger partial charge in [-0.1, -0.05) is 0 Å². The quantitative estimate of drug-likeness (QED) is 0.898. The summed E-state index contributed by atoms with van der Waals surface area (Å²) < 4.78 is 2.04. The lowest BCUT2D eigenvalue weighted by molar-refractivity contribution is 0.247. The normalized spacial score (nSPS) is 19.6. The Kier molecular flexibility index (Phi) is 3.33. The largest absolute Gasteiger partial charge is 0.383 e. The Bertz CT molecular complexity index is 635. The number of rotatable bonds is 2. The van der Waals surface area contributed by atoms with E-state index in [2.05, 4.69) is 33.8 Å². The van der Waals surface area contributed by atoms with E-state index >= 15 is 0 Å². The third-order valence-electron chi connectivity index (χ3n) is 3.54. The number of nitrogens with zero attached hydrogens (tertiary/aromatic N) is 5. The summed E-state index contributed by atoms with van der Waals surface area (Å²) in [6, 6.07) is 0. The van der Waals surface area contributed by atoms with Crippen LogP contribution in [0.1, 0.15) is 19.7 Å². The van der Waals surface area contributed by atoms with Gasteiger partial charge >= 0.3 is 0 Å². The second-order valence-electron chi connectivity index (χ2n) is 5.85. The minimum Gasteiger partial charge on any atom is -0.383 e. The molecule has 0 spiro atoms. The number of anilines is 1. The second-order valence-corrected chi connectivity index (χ2v) is 7.65. The molecular weight excluding hydrogens is 272 g/mol. The summed E-state index contributed by atoms with van der Waals surface area (Å²) in [6.45, 7) is 7.42. The highest BCUT2D eigenvalue weighted by molar-refractivity contribution is 8.00. The van der Waals surface area contributed by atoms with Gasteiger partial charge in [0.1, 0.15) is 11.6 Å². The molecular formula is C13H20N6S. The van der Waals surface area contributed by atoms with E-state index < -0.39 is 0 Å². The van der Waals surface area contributed by atoms with E-state index in [9.17, 15) is 0 Å². The van der Waals surface area contributed by atoms with Crippen molar-refractivity contribution in [2.24, 2.45) is 7.05 Å². The number of hydrogen-bond acceptors (Lipinski definition) is 6. The first-order valence-corrected chi connectivity index (χ1v) is 7.73. The van der Waals surface area contributed by atoms with Crippen molar-refractivity contribution in [1.82, 2.24) is 24.6 Å². The maximum atomic E-state index is 6.00. The molecule has 3 heterocycles. The molecule has 0 aliphatic carbocycles. The van der Waals surface area contributed by atoms with Crippen LogP contribution in [0.2, 0.25) is 0 Å². The Balaban J connectivity index is 1.85. The Morgan fingerprint density at radius 2 is 2.20 bits per heavy atom. The summed E-state index contributed by atoms with van der Waals surface area (Å²) >= 11 is 2.02. The van der Waals surface area contributed by atoms with Gasteiger partial charge in [-0.05, 0) is 13.8 Å². The van der Waals surface area contributed by atoms with E-state index in [0.29, 0.717) is 10.6 Å². The fraction of sp³-hybridized carbons (Fsp3) is 0.615. The lowest BCUT2D eigenvalue weighted by Gasteiger charge is -2.37. The van der Waals surface area contributed by atoms with Crippen molar-refractivity contribution in [3.05, 3.63) is 12.0 Å². The van der Waals surface area contributed by atoms with Gasteiger partial charge in [-0.2, -0.15) is 16.9 Å². The molecule has 1 saturated heterocycles. The predicted octanol–water partition coefficient (Wildman–Crippen LogP) is 1.27. The number of fused-ring (bicyclic) bond motifs is 1. The lowest BCUT2D eigenvalue weighted by atomic mass is 10.2. The van der Waals surface area contributed by atoms with E-state index in [1.807, 2.05) is 18.8 Å². The van der Waals surface area contributed by atoms with Crippen LogP contribution < -0.4 is 5.73 Å². The average molecular weight is 292 g/mol. The number of aryl methyl sites for hydroxylation is 1. The molecule has 2 N–H and O–H groups in total. The van der Waals surface area contributed by atoms with Gasteiger partial charge in [-0.15, -0.1) is 0 Å². The van der Waals surface area contributed by atoms with Crippen LogP contribution >= 0.6 is 11.8 Å². The van der Waals surface area contributed by atoms with Gasteiger partial charge < -0.3 is 5.73 Å². The number of thioether (sulfide) groups is 1. The SMILES string of the molecule is Cn1ncc2c(N)nc(CN3CCSC(C)(C)C3)nc21. The third kappa shape index (κ3) is 2.60. The van der Waals surface area contributed by atoms with Gasteiger partial charge in [-0.3, -0.25) is 9.58 Å². The minimum atomic E-state index is 0.292. The van der Waals surface area contributed by atoms with E-state index in [1.54, 1.807) is 10.9 Å². The summed E-state index contributed by atoms with van der Waals surface area (Å²) in [4.78, 5) is 11.4. The predicted molar refractivity (Wildman–Crippen MR) is 82.5 cm³/mol. The van der Waals surface area contributed by atoms with Crippen molar-refractivity contribution < 1.29 is 0 Å². The molecule has 1 aliphatic rings.